The average Bonchev–Trinajstić information content (AvgIpc) is 3.05. The Kier molecular flexibility index (Phi) is 4.37. The second-order valence-corrected chi connectivity index (χ2v) is 4.67. The molecule has 0 aliphatic rings. The highest BCUT2D eigenvalue weighted by atomic mass is 19.3. The molecule has 5 nitrogen and oxygen atoms in total. The van der Waals surface area contributed by atoms with Crippen molar-refractivity contribution in [3.8, 4) is 34.3 Å². The second kappa shape index (κ2) is 6.61. The van der Waals surface area contributed by atoms with Gasteiger partial charge in [0.25, 0.3) is 5.89 Å². The van der Waals surface area contributed by atoms with Crippen LogP contribution in [0, 0.1) is 5.82 Å². The van der Waals surface area contributed by atoms with E-state index in [2.05, 4.69) is 14.9 Å². The first-order valence-corrected chi connectivity index (χ1v) is 6.79. The van der Waals surface area contributed by atoms with Crippen molar-refractivity contribution >= 4 is 0 Å². The van der Waals surface area contributed by atoms with Gasteiger partial charge in [-0.1, -0.05) is 5.16 Å². The molecule has 0 N–H and O–H groups in total. The fraction of sp³-hybridized carbons (Fsp3) is 0.125. The van der Waals surface area contributed by atoms with Crippen molar-refractivity contribution in [3.63, 3.8) is 0 Å². The molecule has 3 aromatic rings. The number of alkyl halides is 2. The van der Waals surface area contributed by atoms with Crippen LogP contribution in [0.15, 0.2) is 47.0 Å². The van der Waals surface area contributed by atoms with E-state index >= 15 is 0 Å². The lowest BCUT2D eigenvalue weighted by Crippen LogP contribution is -2.03. The van der Waals surface area contributed by atoms with Gasteiger partial charge in [0.05, 0.1) is 7.11 Å². The van der Waals surface area contributed by atoms with Gasteiger partial charge in [0.15, 0.2) is 11.5 Å². The summed E-state index contributed by atoms with van der Waals surface area (Å²) in [5.41, 5.74) is 1.05. The Labute approximate surface area is 134 Å². The summed E-state index contributed by atoms with van der Waals surface area (Å²) in [5, 5.41) is 3.82. The Morgan fingerprint density at radius 3 is 2.38 bits per heavy atom. The largest absolute Gasteiger partial charge is 0.493 e. The Morgan fingerprint density at radius 2 is 1.71 bits per heavy atom. The molecule has 0 amide bonds. The van der Waals surface area contributed by atoms with Crippen molar-refractivity contribution < 1.29 is 27.2 Å². The summed E-state index contributed by atoms with van der Waals surface area (Å²) < 4.78 is 52.1. The van der Waals surface area contributed by atoms with E-state index in [1.807, 2.05) is 0 Å². The minimum atomic E-state index is -2.96. The highest BCUT2D eigenvalue weighted by Gasteiger charge is 2.15. The van der Waals surface area contributed by atoms with Crippen LogP contribution in [0.4, 0.5) is 13.2 Å². The number of benzene rings is 2. The summed E-state index contributed by atoms with van der Waals surface area (Å²) in [6, 6.07) is 9.86. The molecule has 1 aromatic heterocycles. The van der Waals surface area contributed by atoms with Gasteiger partial charge in [0.1, 0.15) is 5.82 Å². The van der Waals surface area contributed by atoms with E-state index < -0.39 is 6.61 Å². The minimum Gasteiger partial charge on any atom is -0.493 e. The third-order valence-corrected chi connectivity index (χ3v) is 3.16. The maximum atomic E-state index is 12.9. The number of hydrogen-bond donors (Lipinski definition) is 0. The number of nitrogens with zero attached hydrogens (tertiary/aromatic N) is 2. The molecule has 0 atom stereocenters. The molecule has 0 bridgehead atoms. The monoisotopic (exact) mass is 336 g/mol. The summed E-state index contributed by atoms with van der Waals surface area (Å²) in [5.74, 6) is 0.0683. The van der Waals surface area contributed by atoms with Gasteiger partial charge in [0.2, 0.25) is 5.82 Å². The first kappa shape index (κ1) is 15.9. The maximum absolute atomic E-state index is 12.9. The topological polar surface area (TPSA) is 57.4 Å². The first-order valence-electron chi connectivity index (χ1n) is 6.79. The van der Waals surface area contributed by atoms with Crippen LogP contribution in [0.5, 0.6) is 11.5 Å². The molecule has 0 fully saturated rings. The molecule has 3 rings (SSSR count). The maximum Gasteiger partial charge on any atom is 0.387 e. The minimum absolute atomic E-state index is 0.102. The third-order valence-electron chi connectivity index (χ3n) is 3.16. The van der Waals surface area contributed by atoms with E-state index in [1.54, 1.807) is 0 Å². The predicted molar refractivity (Wildman–Crippen MR) is 78.3 cm³/mol. The zero-order valence-corrected chi connectivity index (χ0v) is 12.4. The number of aromatic nitrogens is 2. The van der Waals surface area contributed by atoms with Crippen LogP contribution in [0.25, 0.3) is 22.8 Å². The smallest absolute Gasteiger partial charge is 0.387 e. The number of hydrogen-bond acceptors (Lipinski definition) is 5. The Morgan fingerprint density at radius 1 is 1.00 bits per heavy atom. The van der Waals surface area contributed by atoms with Crippen molar-refractivity contribution in [2.75, 3.05) is 7.11 Å². The quantitative estimate of drug-likeness (QED) is 0.700. The van der Waals surface area contributed by atoms with Gasteiger partial charge in [-0.15, -0.1) is 0 Å². The lowest BCUT2D eigenvalue weighted by Gasteiger charge is -2.09. The molecule has 0 unspecified atom stereocenters. The van der Waals surface area contributed by atoms with Gasteiger partial charge >= 0.3 is 6.61 Å². The summed E-state index contributed by atoms with van der Waals surface area (Å²) in [6.07, 6.45) is 0. The van der Waals surface area contributed by atoms with Gasteiger partial charge < -0.3 is 14.0 Å². The summed E-state index contributed by atoms with van der Waals surface area (Å²) in [6.45, 7) is -2.96. The Bertz CT molecular complexity index is 835. The zero-order chi connectivity index (χ0) is 17.1. The predicted octanol–water partition coefficient (Wildman–Crippen LogP) is 4.15. The van der Waals surface area contributed by atoms with Gasteiger partial charge in [-0.3, -0.25) is 0 Å². The molecule has 2 aromatic carbocycles. The highest BCUT2D eigenvalue weighted by molar-refractivity contribution is 5.63. The second-order valence-electron chi connectivity index (χ2n) is 4.67. The standard InChI is InChI=1S/C16H11F3N2O3/c1-22-13-8-10(4-7-12(13)23-16(18)19)15-20-14(21-24-15)9-2-5-11(17)6-3-9/h2-8,16H,1H3. The molecule has 0 aliphatic heterocycles. The molecular formula is C16H11F3N2O3. The first-order chi connectivity index (χ1) is 11.6. The molecule has 1 heterocycles. The van der Waals surface area contributed by atoms with Crippen LogP contribution in [0.3, 0.4) is 0 Å². The Balaban J connectivity index is 1.91. The van der Waals surface area contributed by atoms with Crippen LogP contribution >= 0.6 is 0 Å². The fourth-order valence-electron chi connectivity index (χ4n) is 2.05. The van der Waals surface area contributed by atoms with E-state index in [0.29, 0.717) is 11.1 Å². The molecule has 24 heavy (non-hydrogen) atoms. The highest BCUT2D eigenvalue weighted by Crippen LogP contribution is 2.33. The van der Waals surface area contributed by atoms with E-state index in [0.717, 1.165) is 0 Å². The molecule has 0 saturated heterocycles. The number of halogens is 3. The Hall–Kier alpha value is -3.03. The van der Waals surface area contributed by atoms with Crippen molar-refractivity contribution in [1.82, 2.24) is 10.1 Å². The SMILES string of the molecule is COc1cc(-c2nc(-c3ccc(F)cc3)no2)ccc1OC(F)F. The summed E-state index contributed by atoms with van der Waals surface area (Å²) >= 11 is 0. The summed E-state index contributed by atoms with van der Waals surface area (Å²) in [4.78, 5) is 4.20. The molecule has 0 aliphatic carbocycles. The van der Waals surface area contributed by atoms with Crippen LogP contribution in [-0.4, -0.2) is 23.9 Å². The average molecular weight is 336 g/mol. The van der Waals surface area contributed by atoms with Crippen LogP contribution in [-0.2, 0) is 0 Å². The van der Waals surface area contributed by atoms with E-state index in [4.69, 9.17) is 9.26 Å². The van der Waals surface area contributed by atoms with E-state index in [1.165, 1.54) is 49.6 Å². The molecular weight excluding hydrogens is 325 g/mol. The van der Waals surface area contributed by atoms with Crippen LogP contribution < -0.4 is 9.47 Å². The van der Waals surface area contributed by atoms with E-state index in [9.17, 15) is 13.2 Å². The third kappa shape index (κ3) is 3.32. The van der Waals surface area contributed by atoms with Gasteiger partial charge in [-0.2, -0.15) is 13.8 Å². The normalized spacial score (nSPS) is 10.9. The lowest BCUT2D eigenvalue weighted by molar-refractivity contribution is -0.0512. The zero-order valence-electron chi connectivity index (χ0n) is 12.4. The molecule has 8 heteroatoms. The van der Waals surface area contributed by atoms with Crippen molar-refractivity contribution in [1.29, 1.82) is 0 Å². The van der Waals surface area contributed by atoms with Crippen molar-refractivity contribution in [2.45, 2.75) is 6.61 Å². The molecule has 0 spiro atoms. The van der Waals surface area contributed by atoms with Crippen LogP contribution in [0.1, 0.15) is 0 Å². The van der Waals surface area contributed by atoms with Crippen molar-refractivity contribution in [2.24, 2.45) is 0 Å². The van der Waals surface area contributed by atoms with Gasteiger partial charge in [0, 0.05) is 11.1 Å². The number of rotatable bonds is 5. The molecule has 0 radical (unpaired) electrons. The van der Waals surface area contributed by atoms with E-state index in [-0.39, 0.29) is 29.0 Å². The van der Waals surface area contributed by atoms with Gasteiger partial charge in [-0.05, 0) is 42.5 Å². The van der Waals surface area contributed by atoms with Gasteiger partial charge in [-0.25, -0.2) is 4.39 Å². The number of ether oxygens (including phenoxy) is 2. The lowest BCUT2D eigenvalue weighted by atomic mass is 10.2. The summed E-state index contributed by atoms with van der Waals surface area (Å²) in [7, 11) is 1.33. The van der Waals surface area contributed by atoms with Crippen LogP contribution in [0.2, 0.25) is 0 Å². The van der Waals surface area contributed by atoms with Crippen molar-refractivity contribution in [3.05, 3.63) is 48.3 Å². The number of methoxy groups -OCH3 is 1. The fourth-order valence-corrected chi connectivity index (χ4v) is 2.05. The molecule has 0 saturated carbocycles. The molecule has 124 valence electrons.